The number of carbonyl (C=O) groups excluding carboxylic acids is 1. The van der Waals surface area contributed by atoms with Gasteiger partial charge in [-0.25, -0.2) is 0 Å². The molecular formula is C27H29Cl2N3O4. The first-order chi connectivity index (χ1) is 17.3. The van der Waals surface area contributed by atoms with Crippen molar-refractivity contribution in [2.75, 3.05) is 6.61 Å². The molecule has 0 spiro atoms. The second-order valence-corrected chi connectivity index (χ2v) is 10.5. The first-order valence-corrected chi connectivity index (χ1v) is 13.0. The average molecular weight is 530 g/mol. The number of halogens is 2. The topological polar surface area (TPSA) is 85.6 Å². The Morgan fingerprint density at radius 1 is 1.19 bits per heavy atom. The Balaban J connectivity index is 1.58. The van der Waals surface area contributed by atoms with Crippen LogP contribution in [0.4, 0.5) is 0 Å². The van der Waals surface area contributed by atoms with E-state index in [4.69, 9.17) is 32.7 Å². The van der Waals surface area contributed by atoms with Gasteiger partial charge in [-0.1, -0.05) is 23.2 Å². The number of amides is 1. The summed E-state index contributed by atoms with van der Waals surface area (Å²) in [5.74, 6) is 1.75. The SMILES string of the molecule is CCOc1ccc(Oc2c(C(C)O)c(C(=O)NC34CCC(CC3)C4)nn2-c2ccc(Cl)cc2Cl)cc1. The van der Waals surface area contributed by atoms with E-state index in [9.17, 15) is 9.90 Å². The van der Waals surface area contributed by atoms with Crippen LogP contribution in [0.1, 0.15) is 68.1 Å². The molecule has 7 nitrogen and oxygen atoms in total. The molecule has 1 atom stereocenters. The Labute approximate surface area is 220 Å². The maximum atomic E-state index is 13.6. The average Bonchev–Trinajstić information content (AvgIpc) is 3.53. The lowest BCUT2D eigenvalue weighted by Crippen LogP contribution is -2.45. The summed E-state index contributed by atoms with van der Waals surface area (Å²) in [6, 6.07) is 12.1. The van der Waals surface area contributed by atoms with Crippen LogP contribution in [0.5, 0.6) is 17.4 Å². The standard InChI is InChI=1S/C27H29Cl2N3O4/c1-3-35-19-5-7-20(8-6-19)36-26-23(16(2)33)24(25(34)30-27-12-10-17(15-27)11-13-27)31-32(26)22-9-4-18(28)14-21(22)29/h4-9,14,16-17,33H,3,10-13,15H2,1-2H3,(H,30,34). The third-order valence-corrected chi connectivity index (χ3v) is 7.66. The molecule has 2 aliphatic carbocycles. The normalized spacial score (nSPS) is 21.4. The highest BCUT2D eigenvalue weighted by molar-refractivity contribution is 6.35. The van der Waals surface area contributed by atoms with Gasteiger partial charge in [0, 0.05) is 10.6 Å². The van der Waals surface area contributed by atoms with Crippen molar-refractivity contribution >= 4 is 29.1 Å². The molecule has 0 saturated heterocycles. The first-order valence-electron chi connectivity index (χ1n) is 12.3. The molecule has 2 bridgehead atoms. The number of carbonyl (C=O) groups is 1. The summed E-state index contributed by atoms with van der Waals surface area (Å²) in [7, 11) is 0. The van der Waals surface area contributed by atoms with Crippen LogP contribution in [-0.4, -0.2) is 32.9 Å². The highest BCUT2D eigenvalue weighted by Gasteiger charge is 2.46. The van der Waals surface area contributed by atoms with Crippen molar-refractivity contribution in [2.45, 2.75) is 57.6 Å². The van der Waals surface area contributed by atoms with Gasteiger partial charge in [-0.05, 0) is 94.3 Å². The lowest BCUT2D eigenvalue weighted by molar-refractivity contribution is 0.0888. The number of aromatic nitrogens is 2. The lowest BCUT2D eigenvalue weighted by atomic mass is 9.93. The fraction of sp³-hybridized carbons (Fsp3) is 0.407. The number of hydrogen-bond acceptors (Lipinski definition) is 5. The third-order valence-electron chi connectivity index (χ3n) is 7.12. The number of benzene rings is 2. The summed E-state index contributed by atoms with van der Waals surface area (Å²) in [5, 5.41) is 19.5. The molecule has 2 fully saturated rings. The van der Waals surface area contributed by atoms with Crippen LogP contribution in [0.25, 0.3) is 5.69 Å². The van der Waals surface area contributed by atoms with Gasteiger partial charge in [-0.2, -0.15) is 9.78 Å². The van der Waals surface area contributed by atoms with Gasteiger partial charge in [-0.3, -0.25) is 4.79 Å². The predicted octanol–water partition coefficient (Wildman–Crippen LogP) is 6.49. The molecule has 190 valence electrons. The highest BCUT2D eigenvalue weighted by atomic mass is 35.5. The van der Waals surface area contributed by atoms with Crippen molar-refractivity contribution in [1.82, 2.24) is 15.1 Å². The van der Waals surface area contributed by atoms with Gasteiger partial charge in [0.25, 0.3) is 5.91 Å². The molecule has 3 aromatic rings. The van der Waals surface area contributed by atoms with Crippen LogP contribution in [-0.2, 0) is 0 Å². The minimum absolute atomic E-state index is 0.113. The monoisotopic (exact) mass is 529 g/mol. The molecule has 2 aliphatic rings. The molecule has 9 heteroatoms. The van der Waals surface area contributed by atoms with Crippen LogP contribution < -0.4 is 14.8 Å². The zero-order valence-electron chi connectivity index (χ0n) is 20.3. The molecule has 36 heavy (non-hydrogen) atoms. The van der Waals surface area contributed by atoms with E-state index in [0.29, 0.717) is 39.8 Å². The van der Waals surface area contributed by atoms with Crippen molar-refractivity contribution in [3.63, 3.8) is 0 Å². The smallest absolute Gasteiger partial charge is 0.272 e. The zero-order chi connectivity index (χ0) is 25.4. The number of fused-ring (bicyclic) bond motifs is 2. The van der Waals surface area contributed by atoms with E-state index in [2.05, 4.69) is 10.4 Å². The molecule has 5 rings (SSSR count). The largest absolute Gasteiger partial charge is 0.494 e. The van der Waals surface area contributed by atoms with Gasteiger partial charge in [0.2, 0.25) is 5.88 Å². The second kappa shape index (κ2) is 9.96. The van der Waals surface area contributed by atoms with Gasteiger partial charge < -0.3 is 19.9 Å². The summed E-state index contributed by atoms with van der Waals surface area (Å²) in [5.41, 5.74) is 0.677. The van der Waals surface area contributed by atoms with Crippen LogP contribution in [0.2, 0.25) is 10.0 Å². The zero-order valence-corrected chi connectivity index (χ0v) is 21.8. The van der Waals surface area contributed by atoms with Gasteiger partial charge in [0.15, 0.2) is 5.69 Å². The van der Waals surface area contributed by atoms with Crippen LogP contribution in [0, 0.1) is 5.92 Å². The molecule has 2 saturated carbocycles. The highest BCUT2D eigenvalue weighted by Crippen LogP contribution is 2.48. The van der Waals surface area contributed by atoms with Gasteiger partial charge in [0.05, 0.1) is 29.0 Å². The number of ether oxygens (including phenoxy) is 2. The summed E-state index contributed by atoms with van der Waals surface area (Å²) in [6.07, 6.45) is 4.15. The number of aliphatic hydroxyl groups is 1. The number of aliphatic hydroxyl groups excluding tert-OH is 1. The number of nitrogens with one attached hydrogen (secondary N) is 1. The predicted molar refractivity (Wildman–Crippen MR) is 139 cm³/mol. The number of rotatable bonds is 8. The molecule has 0 radical (unpaired) electrons. The van der Waals surface area contributed by atoms with E-state index < -0.39 is 6.10 Å². The van der Waals surface area contributed by atoms with Crippen molar-refractivity contribution < 1.29 is 19.4 Å². The molecule has 2 N–H and O–H groups in total. The van der Waals surface area contributed by atoms with E-state index in [-0.39, 0.29) is 28.6 Å². The van der Waals surface area contributed by atoms with Crippen molar-refractivity contribution in [2.24, 2.45) is 5.92 Å². The summed E-state index contributed by atoms with van der Waals surface area (Å²) in [4.78, 5) is 13.6. The second-order valence-electron chi connectivity index (χ2n) is 9.64. The fourth-order valence-electron chi connectivity index (χ4n) is 5.42. The van der Waals surface area contributed by atoms with Crippen molar-refractivity contribution in [1.29, 1.82) is 0 Å². The molecule has 0 aliphatic heterocycles. The van der Waals surface area contributed by atoms with E-state index in [1.54, 1.807) is 49.4 Å². The maximum absolute atomic E-state index is 13.6. The lowest BCUT2D eigenvalue weighted by Gasteiger charge is -2.27. The first kappa shape index (κ1) is 24.9. The van der Waals surface area contributed by atoms with Crippen LogP contribution in [0.3, 0.4) is 0 Å². The molecular weight excluding hydrogens is 501 g/mol. The minimum Gasteiger partial charge on any atom is -0.494 e. The van der Waals surface area contributed by atoms with Gasteiger partial charge in [0.1, 0.15) is 11.5 Å². The Hall–Kier alpha value is -2.74. The van der Waals surface area contributed by atoms with Crippen molar-refractivity contribution in [3.8, 4) is 23.1 Å². The minimum atomic E-state index is -1.03. The Morgan fingerprint density at radius 3 is 2.47 bits per heavy atom. The maximum Gasteiger partial charge on any atom is 0.272 e. The summed E-state index contributed by atoms with van der Waals surface area (Å²) in [6.45, 7) is 4.05. The quantitative estimate of drug-likeness (QED) is 0.348. The van der Waals surface area contributed by atoms with Crippen LogP contribution in [0.15, 0.2) is 42.5 Å². The Bertz CT molecular complexity index is 1260. The van der Waals surface area contributed by atoms with Crippen LogP contribution >= 0.6 is 23.2 Å². The molecule has 1 unspecified atom stereocenters. The van der Waals surface area contributed by atoms with Gasteiger partial charge >= 0.3 is 0 Å². The van der Waals surface area contributed by atoms with E-state index >= 15 is 0 Å². The molecule has 1 heterocycles. The molecule has 1 aromatic heterocycles. The Kier molecular flexibility index (Phi) is 6.90. The van der Waals surface area contributed by atoms with Gasteiger partial charge in [-0.15, -0.1) is 0 Å². The third kappa shape index (κ3) is 4.80. The Morgan fingerprint density at radius 2 is 1.89 bits per heavy atom. The fourth-order valence-corrected chi connectivity index (χ4v) is 5.91. The number of hydrogen-bond donors (Lipinski definition) is 2. The van der Waals surface area contributed by atoms with E-state index in [1.807, 2.05) is 6.92 Å². The number of nitrogens with zero attached hydrogens (tertiary/aromatic N) is 2. The van der Waals surface area contributed by atoms with Crippen molar-refractivity contribution in [3.05, 3.63) is 63.8 Å². The molecule has 2 aromatic carbocycles. The molecule has 1 amide bonds. The summed E-state index contributed by atoms with van der Waals surface area (Å²) >= 11 is 12.6. The summed E-state index contributed by atoms with van der Waals surface area (Å²) < 4.78 is 13.2. The van der Waals surface area contributed by atoms with E-state index in [0.717, 1.165) is 32.1 Å². The van der Waals surface area contributed by atoms with E-state index in [1.165, 1.54) is 4.68 Å².